The molecule has 1 aliphatic rings. The number of aromatic nitrogens is 1. The molecule has 0 spiro atoms. The highest BCUT2D eigenvalue weighted by atomic mass is 16.2. The first kappa shape index (κ1) is 11.3. The number of amides is 1. The molecule has 1 N–H and O–H groups in total. The van der Waals surface area contributed by atoms with Gasteiger partial charge in [-0.3, -0.25) is 4.79 Å². The van der Waals surface area contributed by atoms with E-state index in [0.717, 1.165) is 30.4 Å². The zero-order chi connectivity index (χ0) is 12.7. The van der Waals surface area contributed by atoms with Gasteiger partial charge in [0.05, 0.1) is 0 Å². The van der Waals surface area contributed by atoms with Gasteiger partial charge >= 0.3 is 0 Å². The molecule has 0 aliphatic carbocycles. The van der Waals surface area contributed by atoms with Crippen LogP contribution in [0.2, 0.25) is 0 Å². The third-order valence-corrected chi connectivity index (χ3v) is 3.69. The number of H-pyrrole nitrogens is 1. The summed E-state index contributed by atoms with van der Waals surface area (Å²) in [4.78, 5) is 17.2. The Bertz CT molecular complexity index is 594. The Kier molecular flexibility index (Phi) is 2.62. The molecule has 94 valence electrons. The molecule has 0 unspecified atom stereocenters. The standard InChI is InChI=1S/C15H18N2O/c1-10(2)11-4-5-12-9-14(16-13(12)8-11)15(18)17-6-3-7-17/h4-5,8-10,16H,3,6-7H2,1-2H3. The summed E-state index contributed by atoms with van der Waals surface area (Å²) in [5.74, 6) is 0.635. The minimum absolute atomic E-state index is 0.128. The van der Waals surface area contributed by atoms with Gasteiger partial charge in [0.25, 0.3) is 5.91 Å². The molecule has 0 radical (unpaired) electrons. The predicted molar refractivity (Wildman–Crippen MR) is 72.9 cm³/mol. The summed E-state index contributed by atoms with van der Waals surface area (Å²) in [6, 6.07) is 8.33. The molecule has 1 aromatic heterocycles. The Morgan fingerprint density at radius 2 is 2.06 bits per heavy atom. The number of hydrogen-bond acceptors (Lipinski definition) is 1. The summed E-state index contributed by atoms with van der Waals surface area (Å²) in [5.41, 5.74) is 3.07. The smallest absolute Gasteiger partial charge is 0.270 e. The first-order chi connectivity index (χ1) is 8.65. The summed E-state index contributed by atoms with van der Waals surface area (Å²) in [5, 5.41) is 1.11. The van der Waals surface area contributed by atoms with E-state index in [-0.39, 0.29) is 5.91 Å². The topological polar surface area (TPSA) is 36.1 Å². The molecule has 1 aromatic carbocycles. The number of fused-ring (bicyclic) bond motifs is 1. The highest BCUT2D eigenvalue weighted by molar-refractivity contribution is 5.98. The van der Waals surface area contributed by atoms with Crippen molar-refractivity contribution in [1.82, 2.24) is 9.88 Å². The molecule has 1 fully saturated rings. The zero-order valence-corrected chi connectivity index (χ0v) is 10.9. The molecular weight excluding hydrogens is 224 g/mol. The fourth-order valence-electron chi connectivity index (χ4n) is 2.31. The molecule has 0 bridgehead atoms. The van der Waals surface area contributed by atoms with Crippen LogP contribution < -0.4 is 0 Å². The molecule has 3 heteroatoms. The first-order valence-electron chi connectivity index (χ1n) is 6.57. The maximum atomic E-state index is 12.1. The molecule has 3 nitrogen and oxygen atoms in total. The summed E-state index contributed by atoms with van der Waals surface area (Å²) < 4.78 is 0. The molecule has 18 heavy (non-hydrogen) atoms. The van der Waals surface area contributed by atoms with E-state index in [1.165, 1.54) is 5.56 Å². The summed E-state index contributed by atoms with van der Waals surface area (Å²) in [7, 11) is 0. The van der Waals surface area contributed by atoms with E-state index in [0.29, 0.717) is 11.6 Å². The van der Waals surface area contributed by atoms with Gasteiger partial charge in [-0.25, -0.2) is 0 Å². The van der Waals surface area contributed by atoms with Crippen molar-refractivity contribution in [3.05, 3.63) is 35.5 Å². The normalized spacial score (nSPS) is 15.2. The van der Waals surface area contributed by atoms with Crippen molar-refractivity contribution in [2.75, 3.05) is 13.1 Å². The minimum Gasteiger partial charge on any atom is -0.351 e. The van der Waals surface area contributed by atoms with Crippen LogP contribution in [-0.4, -0.2) is 28.9 Å². The van der Waals surface area contributed by atoms with E-state index in [2.05, 4.69) is 37.0 Å². The molecule has 3 rings (SSSR count). The largest absolute Gasteiger partial charge is 0.351 e. The van der Waals surface area contributed by atoms with Gasteiger partial charge < -0.3 is 9.88 Å². The van der Waals surface area contributed by atoms with Crippen LogP contribution in [0.1, 0.15) is 42.2 Å². The Labute approximate surface area is 107 Å². The van der Waals surface area contributed by atoms with Gasteiger partial charge in [0, 0.05) is 24.0 Å². The van der Waals surface area contributed by atoms with Crippen molar-refractivity contribution >= 4 is 16.8 Å². The Morgan fingerprint density at radius 1 is 1.28 bits per heavy atom. The fourth-order valence-corrected chi connectivity index (χ4v) is 2.31. The van der Waals surface area contributed by atoms with E-state index < -0.39 is 0 Å². The molecule has 0 saturated carbocycles. The van der Waals surface area contributed by atoms with Gasteiger partial charge in [-0.1, -0.05) is 26.0 Å². The van der Waals surface area contributed by atoms with Gasteiger partial charge in [0.2, 0.25) is 0 Å². The lowest BCUT2D eigenvalue weighted by molar-refractivity contribution is 0.0646. The third-order valence-electron chi connectivity index (χ3n) is 3.69. The fraction of sp³-hybridized carbons (Fsp3) is 0.400. The molecule has 2 aromatic rings. The van der Waals surface area contributed by atoms with Gasteiger partial charge in [-0.2, -0.15) is 0 Å². The highest BCUT2D eigenvalue weighted by Gasteiger charge is 2.22. The van der Waals surface area contributed by atoms with Crippen LogP contribution in [0, 0.1) is 0 Å². The number of likely N-dealkylation sites (tertiary alicyclic amines) is 1. The third kappa shape index (κ3) is 1.80. The lowest BCUT2D eigenvalue weighted by Gasteiger charge is -2.30. The average Bonchev–Trinajstić information content (AvgIpc) is 2.68. The van der Waals surface area contributed by atoms with Crippen LogP contribution in [0.4, 0.5) is 0 Å². The molecule has 0 atom stereocenters. The number of carbonyl (C=O) groups excluding carboxylic acids is 1. The monoisotopic (exact) mass is 242 g/mol. The van der Waals surface area contributed by atoms with Crippen LogP contribution in [0.15, 0.2) is 24.3 Å². The van der Waals surface area contributed by atoms with Crippen molar-refractivity contribution in [1.29, 1.82) is 0 Å². The van der Waals surface area contributed by atoms with Crippen molar-refractivity contribution < 1.29 is 4.79 Å². The van der Waals surface area contributed by atoms with Crippen LogP contribution in [0.3, 0.4) is 0 Å². The van der Waals surface area contributed by atoms with Crippen molar-refractivity contribution in [2.45, 2.75) is 26.2 Å². The van der Waals surface area contributed by atoms with Crippen LogP contribution >= 0.6 is 0 Å². The van der Waals surface area contributed by atoms with Crippen LogP contribution in [0.5, 0.6) is 0 Å². The molecule has 1 amide bonds. The number of hydrogen-bond donors (Lipinski definition) is 1. The van der Waals surface area contributed by atoms with E-state index in [9.17, 15) is 4.79 Å². The predicted octanol–water partition coefficient (Wildman–Crippen LogP) is 3.14. The molecule has 2 heterocycles. The van der Waals surface area contributed by atoms with Crippen molar-refractivity contribution in [3.63, 3.8) is 0 Å². The maximum Gasteiger partial charge on any atom is 0.270 e. The molecular formula is C15H18N2O. The summed E-state index contributed by atoms with van der Waals surface area (Å²) in [6.45, 7) is 6.14. The van der Waals surface area contributed by atoms with E-state index in [1.54, 1.807) is 0 Å². The summed E-state index contributed by atoms with van der Waals surface area (Å²) in [6.07, 6.45) is 1.13. The van der Waals surface area contributed by atoms with E-state index >= 15 is 0 Å². The first-order valence-corrected chi connectivity index (χ1v) is 6.57. The Balaban J connectivity index is 1.97. The van der Waals surface area contributed by atoms with E-state index in [4.69, 9.17) is 0 Å². The van der Waals surface area contributed by atoms with Crippen molar-refractivity contribution in [3.8, 4) is 0 Å². The highest BCUT2D eigenvalue weighted by Crippen LogP contribution is 2.23. The van der Waals surface area contributed by atoms with Crippen LogP contribution in [0.25, 0.3) is 10.9 Å². The second-order valence-corrected chi connectivity index (χ2v) is 5.33. The number of carbonyl (C=O) groups is 1. The quantitative estimate of drug-likeness (QED) is 0.863. The number of nitrogens with zero attached hydrogens (tertiary/aromatic N) is 1. The van der Waals surface area contributed by atoms with Gasteiger partial charge in [0.15, 0.2) is 0 Å². The Morgan fingerprint density at radius 3 is 2.67 bits per heavy atom. The van der Waals surface area contributed by atoms with Gasteiger partial charge in [0.1, 0.15) is 5.69 Å². The number of aromatic amines is 1. The number of nitrogens with one attached hydrogen (secondary N) is 1. The maximum absolute atomic E-state index is 12.1. The average molecular weight is 242 g/mol. The van der Waals surface area contributed by atoms with Gasteiger partial charge in [-0.15, -0.1) is 0 Å². The Hall–Kier alpha value is -1.77. The van der Waals surface area contributed by atoms with Crippen LogP contribution in [-0.2, 0) is 0 Å². The lowest BCUT2D eigenvalue weighted by Crippen LogP contribution is -2.42. The molecule has 1 saturated heterocycles. The molecule has 1 aliphatic heterocycles. The number of rotatable bonds is 2. The second kappa shape index (κ2) is 4.16. The zero-order valence-electron chi connectivity index (χ0n) is 10.9. The summed E-state index contributed by atoms with van der Waals surface area (Å²) >= 11 is 0. The lowest BCUT2D eigenvalue weighted by atomic mass is 10.0. The van der Waals surface area contributed by atoms with E-state index in [1.807, 2.05) is 11.0 Å². The SMILES string of the molecule is CC(C)c1ccc2cc(C(=O)N3CCC3)[nH]c2c1. The minimum atomic E-state index is 0.128. The number of benzene rings is 1. The second-order valence-electron chi connectivity index (χ2n) is 5.33. The van der Waals surface area contributed by atoms with Gasteiger partial charge in [-0.05, 0) is 30.0 Å². The van der Waals surface area contributed by atoms with Crippen molar-refractivity contribution in [2.24, 2.45) is 0 Å².